The molecule has 1 unspecified atom stereocenters. The van der Waals surface area contributed by atoms with Gasteiger partial charge < -0.3 is 9.30 Å². The molecule has 0 radical (unpaired) electrons. The molecular weight excluding hydrogens is 392 g/mol. The predicted molar refractivity (Wildman–Crippen MR) is 117 cm³/mol. The summed E-state index contributed by atoms with van der Waals surface area (Å²) in [6.07, 6.45) is 4.54. The minimum atomic E-state index is -0.779. The highest BCUT2D eigenvalue weighted by Crippen LogP contribution is 2.21. The lowest BCUT2D eigenvalue weighted by molar-refractivity contribution is -0.128. The highest BCUT2D eigenvalue weighted by atomic mass is 16.5. The summed E-state index contributed by atoms with van der Waals surface area (Å²) in [5.74, 6) is -0.264. The van der Waals surface area contributed by atoms with Crippen LogP contribution in [0, 0.1) is 0 Å². The third kappa shape index (κ3) is 5.08. The molecule has 7 nitrogen and oxygen atoms in total. The molecule has 0 aliphatic carbocycles. The fraction of sp³-hybridized carbons (Fsp3) is 0.125. The van der Waals surface area contributed by atoms with E-state index in [1.54, 1.807) is 31.6 Å². The molecule has 4 aromatic rings. The zero-order valence-electron chi connectivity index (χ0n) is 17.0. The van der Waals surface area contributed by atoms with E-state index in [9.17, 15) is 9.59 Å². The third-order valence-corrected chi connectivity index (χ3v) is 4.84. The molecule has 7 heteroatoms. The zero-order valence-corrected chi connectivity index (χ0v) is 17.0. The van der Waals surface area contributed by atoms with Crippen LogP contribution < -0.4 is 15.6 Å². The highest BCUT2D eigenvalue weighted by Gasteiger charge is 2.16. The van der Waals surface area contributed by atoms with Crippen LogP contribution in [0.15, 0.2) is 85.5 Å². The lowest BCUT2D eigenvalue weighted by Crippen LogP contribution is -2.47. The summed E-state index contributed by atoms with van der Waals surface area (Å²) in [5, 5.41) is 2.12. The van der Waals surface area contributed by atoms with Gasteiger partial charge in [-0.05, 0) is 47.5 Å². The van der Waals surface area contributed by atoms with Crippen molar-refractivity contribution in [3.05, 3.63) is 96.6 Å². The highest BCUT2D eigenvalue weighted by molar-refractivity contribution is 5.95. The van der Waals surface area contributed by atoms with E-state index in [1.807, 2.05) is 65.4 Å². The Hall–Kier alpha value is -4.13. The van der Waals surface area contributed by atoms with E-state index in [0.29, 0.717) is 17.9 Å². The first-order chi connectivity index (χ1) is 15.1. The summed E-state index contributed by atoms with van der Waals surface area (Å²) < 4.78 is 7.65. The van der Waals surface area contributed by atoms with Crippen molar-refractivity contribution in [2.75, 3.05) is 0 Å². The SMILES string of the molecule is CC(Oc1ccc2ccccc2c1)C(=O)NNC(=O)c1ccc(Cn2ccnc2)cc1. The normalized spacial score (nSPS) is 11.6. The van der Waals surface area contributed by atoms with Crippen molar-refractivity contribution in [1.29, 1.82) is 0 Å². The molecule has 0 fully saturated rings. The summed E-state index contributed by atoms with van der Waals surface area (Å²) in [5.41, 5.74) is 6.32. The third-order valence-electron chi connectivity index (χ3n) is 4.84. The number of amides is 2. The van der Waals surface area contributed by atoms with Gasteiger partial charge in [0, 0.05) is 24.5 Å². The summed E-state index contributed by atoms with van der Waals surface area (Å²) in [6, 6.07) is 20.7. The van der Waals surface area contributed by atoms with E-state index in [1.165, 1.54) is 0 Å². The van der Waals surface area contributed by atoms with E-state index in [-0.39, 0.29) is 0 Å². The van der Waals surface area contributed by atoms with E-state index >= 15 is 0 Å². The van der Waals surface area contributed by atoms with Gasteiger partial charge in [0.05, 0.1) is 6.33 Å². The molecule has 4 rings (SSSR count). The number of benzene rings is 3. The number of fused-ring (bicyclic) bond motifs is 1. The summed E-state index contributed by atoms with van der Waals surface area (Å²) in [4.78, 5) is 28.6. The molecule has 0 saturated heterocycles. The van der Waals surface area contributed by atoms with E-state index < -0.39 is 17.9 Å². The van der Waals surface area contributed by atoms with Crippen LogP contribution >= 0.6 is 0 Å². The molecule has 1 aromatic heterocycles. The average molecular weight is 414 g/mol. The minimum absolute atomic E-state index is 0.402. The number of nitrogens with zero attached hydrogens (tertiary/aromatic N) is 2. The molecule has 0 aliphatic heterocycles. The van der Waals surface area contributed by atoms with Gasteiger partial charge in [-0.2, -0.15) is 0 Å². The fourth-order valence-corrected chi connectivity index (χ4v) is 3.14. The Morgan fingerprint density at radius 2 is 1.77 bits per heavy atom. The van der Waals surface area contributed by atoms with Crippen molar-refractivity contribution in [3.8, 4) is 5.75 Å². The molecular formula is C24H22N4O3. The Bertz CT molecular complexity index is 1190. The fourth-order valence-electron chi connectivity index (χ4n) is 3.14. The second-order valence-electron chi connectivity index (χ2n) is 7.14. The van der Waals surface area contributed by atoms with Crippen LogP contribution in [0.1, 0.15) is 22.8 Å². The second-order valence-corrected chi connectivity index (χ2v) is 7.14. The van der Waals surface area contributed by atoms with Crippen LogP contribution in [0.5, 0.6) is 5.75 Å². The van der Waals surface area contributed by atoms with Gasteiger partial charge in [-0.1, -0.05) is 42.5 Å². The first-order valence-electron chi connectivity index (χ1n) is 9.89. The first kappa shape index (κ1) is 20.2. The molecule has 156 valence electrons. The van der Waals surface area contributed by atoms with Crippen LogP contribution in [0.2, 0.25) is 0 Å². The van der Waals surface area contributed by atoms with Crippen molar-refractivity contribution >= 4 is 22.6 Å². The van der Waals surface area contributed by atoms with Crippen LogP contribution in [0.4, 0.5) is 0 Å². The van der Waals surface area contributed by atoms with Gasteiger partial charge in [0.2, 0.25) is 0 Å². The Labute approximate surface area is 179 Å². The monoisotopic (exact) mass is 414 g/mol. The van der Waals surface area contributed by atoms with Gasteiger partial charge in [-0.3, -0.25) is 20.4 Å². The molecule has 3 aromatic carbocycles. The summed E-state index contributed by atoms with van der Waals surface area (Å²) in [6.45, 7) is 2.30. The molecule has 1 heterocycles. The molecule has 1 atom stereocenters. The van der Waals surface area contributed by atoms with E-state index in [2.05, 4.69) is 15.8 Å². The van der Waals surface area contributed by atoms with E-state index in [4.69, 9.17) is 4.74 Å². The van der Waals surface area contributed by atoms with Crippen LogP contribution in [-0.2, 0) is 11.3 Å². The van der Waals surface area contributed by atoms with Crippen molar-refractivity contribution in [3.63, 3.8) is 0 Å². The summed E-state index contributed by atoms with van der Waals surface area (Å²) >= 11 is 0. The van der Waals surface area contributed by atoms with Crippen molar-refractivity contribution in [2.45, 2.75) is 19.6 Å². The van der Waals surface area contributed by atoms with E-state index in [0.717, 1.165) is 16.3 Å². The maximum Gasteiger partial charge on any atom is 0.279 e. The van der Waals surface area contributed by atoms with Gasteiger partial charge in [0.15, 0.2) is 6.10 Å². The second kappa shape index (κ2) is 9.13. The van der Waals surface area contributed by atoms with Gasteiger partial charge in [-0.15, -0.1) is 0 Å². The number of hydrogen-bond donors (Lipinski definition) is 2. The van der Waals surface area contributed by atoms with Crippen molar-refractivity contribution in [1.82, 2.24) is 20.4 Å². The van der Waals surface area contributed by atoms with Crippen LogP contribution in [0.3, 0.4) is 0 Å². The molecule has 0 saturated carbocycles. The van der Waals surface area contributed by atoms with Gasteiger partial charge in [-0.25, -0.2) is 4.98 Å². The van der Waals surface area contributed by atoms with Gasteiger partial charge >= 0.3 is 0 Å². The molecule has 2 N–H and O–H groups in total. The number of imidazole rings is 1. The maximum atomic E-state index is 12.3. The smallest absolute Gasteiger partial charge is 0.279 e. The largest absolute Gasteiger partial charge is 0.481 e. The zero-order chi connectivity index (χ0) is 21.6. The topological polar surface area (TPSA) is 85.3 Å². The number of aromatic nitrogens is 2. The summed E-state index contributed by atoms with van der Waals surface area (Å²) in [7, 11) is 0. The van der Waals surface area contributed by atoms with Crippen molar-refractivity contribution in [2.24, 2.45) is 0 Å². The maximum absolute atomic E-state index is 12.3. The van der Waals surface area contributed by atoms with Crippen molar-refractivity contribution < 1.29 is 14.3 Å². The molecule has 0 aliphatic rings. The Balaban J connectivity index is 1.29. The van der Waals surface area contributed by atoms with Crippen LogP contribution in [-0.4, -0.2) is 27.5 Å². The minimum Gasteiger partial charge on any atom is -0.481 e. The quantitative estimate of drug-likeness (QED) is 0.474. The van der Waals surface area contributed by atoms with Gasteiger partial charge in [0.1, 0.15) is 5.75 Å². The number of carbonyl (C=O) groups is 2. The molecule has 0 bridgehead atoms. The Morgan fingerprint density at radius 3 is 2.52 bits per heavy atom. The Kier molecular flexibility index (Phi) is 5.93. The lowest BCUT2D eigenvalue weighted by Gasteiger charge is -2.15. The van der Waals surface area contributed by atoms with Crippen LogP contribution in [0.25, 0.3) is 10.8 Å². The molecule has 0 spiro atoms. The number of hydrazine groups is 1. The number of rotatable bonds is 6. The first-order valence-corrected chi connectivity index (χ1v) is 9.89. The molecule has 2 amide bonds. The standard InChI is InChI=1S/C24H22N4O3/c1-17(31-22-11-10-19-4-2-3-5-21(19)14-22)23(29)26-27-24(30)20-8-6-18(7-9-20)15-28-13-12-25-16-28/h2-14,16-17H,15H2,1H3,(H,26,29)(H,27,30). The number of hydrogen-bond acceptors (Lipinski definition) is 4. The lowest BCUT2D eigenvalue weighted by atomic mass is 10.1. The number of ether oxygens (including phenoxy) is 1. The Morgan fingerprint density at radius 1 is 1.00 bits per heavy atom. The molecule has 31 heavy (non-hydrogen) atoms. The number of carbonyl (C=O) groups excluding carboxylic acids is 2. The predicted octanol–water partition coefficient (Wildman–Crippen LogP) is 3.31. The van der Waals surface area contributed by atoms with Gasteiger partial charge in [0.25, 0.3) is 11.8 Å². The average Bonchev–Trinajstić information content (AvgIpc) is 3.30. The number of nitrogens with one attached hydrogen (secondary N) is 2.